The number of carbonyl (C=O) groups is 1. The summed E-state index contributed by atoms with van der Waals surface area (Å²) in [7, 11) is 0. The molecule has 0 unspecified atom stereocenters. The minimum absolute atomic E-state index is 0.234. The third kappa shape index (κ3) is 3.15. The lowest BCUT2D eigenvalue weighted by Gasteiger charge is -2.17. The van der Waals surface area contributed by atoms with Gasteiger partial charge in [-0.3, -0.25) is 9.59 Å². The van der Waals surface area contributed by atoms with Crippen LogP contribution in [0.4, 0.5) is 0 Å². The summed E-state index contributed by atoms with van der Waals surface area (Å²) in [6.07, 6.45) is 3.78. The van der Waals surface area contributed by atoms with E-state index in [1.165, 1.54) is 0 Å². The SMILES string of the molecule is Cc1ccnc([C@H](NC(=O)c2cc3ccccc3c(=O)[nH]2)C2CC2)n1. The first kappa shape index (κ1) is 15.5. The predicted octanol–water partition coefficient (Wildman–Crippen LogP) is 2.51. The van der Waals surface area contributed by atoms with Gasteiger partial charge in [-0.05, 0) is 49.3 Å². The molecule has 1 aromatic carbocycles. The second-order valence-corrected chi connectivity index (χ2v) is 6.44. The second kappa shape index (κ2) is 6.12. The van der Waals surface area contributed by atoms with E-state index in [2.05, 4.69) is 20.3 Å². The van der Waals surface area contributed by atoms with E-state index in [0.717, 1.165) is 23.9 Å². The normalized spacial score (nSPS) is 15.1. The van der Waals surface area contributed by atoms with Crippen LogP contribution in [0.25, 0.3) is 10.8 Å². The second-order valence-electron chi connectivity index (χ2n) is 6.44. The van der Waals surface area contributed by atoms with Crippen LogP contribution in [0.3, 0.4) is 0 Å². The van der Waals surface area contributed by atoms with Crippen LogP contribution >= 0.6 is 0 Å². The number of rotatable bonds is 4. The Hall–Kier alpha value is -3.02. The van der Waals surface area contributed by atoms with Gasteiger partial charge < -0.3 is 10.3 Å². The number of nitrogens with zero attached hydrogens (tertiary/aromatic N) is 2. The molecule has 1 aliphatic rings. The summed E-state index contributed by atoms with van der Waals surface area (Å²) in [5, 5.41) is 4.31. The van der Waals surface area contributed by atoms with E-state index in [4.69, 9.17) is 0 Å². The lowest BCUT2D eigenvalue weighted by molar-refractivity contribution is 0.0924. The highest BCUT2D eigenvalue weighted by Gasteiger charge is 2.35. The van der Waals surface area contributed by atoms with Gasteiger partial charge in [0.1, 0.15) is 5.69 Å². The number of carbonyl (C=O) groups excluding carboxylic acids is 1. The Kier molecular flexibility index (Phi) is 3.80. The third-order valence-corrected chi connectivity index (χ3v) is 4.47. The molecule has 0 radical (unpaired) electrons. The molecule has 1 saturated carbocycles. The summed E-state index contributed by atoms with van der Waals surface area (Å²) >= 11 is 0. The number of hydrogen-bond donors (Lipinski definition) is 2. The quantitative estimate of drug-likeness (QED) is 0.767. The van der Waals surface area contributed by atoms with Gasteiger partial charge in [0.25, 0.3) is 11.5 Å². The third-order valence-electron chi connectivity index (χ3n) is 4.47. The van der Waals surface area contributed by atoms with Crippen molar-refractivity contribution in [3.05, 3.63) is 70.2 Å². The number of nitrogens with one attached hydrogen (secondary N) is 2. The van der Waals surface area contributed by atoms with Crippen molar-refractivity contribution in [2.75, 3.05) is 0 Å². The van der Waals surface area contributed by atoms with Crippen molar-refractivity contribution in [3.63, 3.8) is 0 Å². The van der Waals surface area contributed by atoms with Crippen LogP contribution in [-0.2, 0) is 0 Å². The Morgan fingerprint density at radius 3 is 2.84 bits per heavy atom. The Labute approximate surface area is 144 Å². The monoisotopic (exact) mass is 334 g/mol. The number of aromatic amines is 1. The van der Waals surface area contributed by atoms with Gasteiger partial charge in [-0.25, -0.2) is 9.97 Å². The highest BCUT2D eigenvalue weighted by atomic mass is 16.2. The first-order valence-electron chi connectivity index (χ1n) is 8.34. The summed E-state index contributed by atoms with van der Waals surface area (Å²) in [6, 6.07) is 10.5. The van der Waals surface area contributed by atoms with Crippen molar-refractivity contribution in [3.8, 4) is 0 Å². The van der Waals surface area contributed by atoms with E-state index in [-0.39, 0.29) is 23.2 Å². The fraction of sp³-hybridized carbons (Fsp3) is 0.263. The molecular formula is C19H18N4O2. The summed E-state index contributed by atoms with van der Waals surface area (Å²) in [5.74, 6) is 0.654. The zero-order chi connectivity index (χ0) is 17.4. The zero-order valence-electron chi connectivity index (χ0n) is 13.8. The highest BCUT2D eigenvalue weighted by Crippen LogP contribution is 2.40. The van der Waals surface area contributed by atoms with Crippen LogP contribution in [0.5, 0.6) is 0 Å². The van der Waals surface area contributed by atoms with Gasteiger partial charge in [-0.15, -0.1) is 0 Å². The molecule has 4 rings (SSSR count). The van der Waals surface area contributed by atoms with Gasteiger partial charge in [0.2, 0.25) is 0 Å². The van der Waals surface area contributed by atoms with E-state index in [1.54, 1.807) is 24.4 Å². The van der Waals surface area contributed by atoms with Crippen molar-refractivity contribution in [2.45, 2.75) is 25.8 Å². The molecule has 2 heterocycles. The molecule has 1 amide bonds. The number of aryl methyl sites for hydroxylation is 1. The molecule has 0 aliphatic heterocycles. The Morgan fingerprint density at radius 1 is 1.28 bits per heavy atom. The number of H-pyrrole nitrogens is 1. The first-order valence-corrected chi connectivity index (χ1v) is 8.34. The van der Waals surface area contributed by atoms with Crippen LogP contribution in [0, 0.1) is 12.8 Å². The van der Waals surface area contributed by atoms with E-state index >= 15 is 0 Å². The fourth-order valence-corrected chi connectivity index (χ4v) is 2.99. The molecule has 0 bridgehead atoms. The molecule has 1 atom stereocenters. The molecule has 6 heteroatoms. The standard InChI is InChI=1S/C19H18N4O2/c1-11-8-9-20-17(21-11)16(12-6-7-12)23-19(25)15-10-13-4-2-3-5-14(13)18(24)22-15/h2-5,8-10,12,16H,6-7H2,1H3,(H,22,24)(H,23,25)/t16-/m1/s1. The molecule has 1 aliphatic carbocycles. The van der Waals surface area contributed by atoms with Crippen LogP contribution < -0.4 is 10.9 Å². The molecule has 0 spiro atoms. The zero-order valence-corrected chi connectivity index (χ0v) is 13.8. The molecule has 2 aromatic heterocycles. The summed E-state index contributed by atoms with van der Waals surface area (Å²) in [4.78, 5) is 36.3. The molecule has 6 nitrogen and oxygen atoms in total. The van der Waals surface area contributed by atoms with Crippen molar-refractivity contribution >= 4 is 16.7 Å². The molecule has 1 fully saturated rings. The summed E-state index contributed by atoms with van der Waals surface area (Å²) < 4.78 is 0. The maximum atomic E-state index is 12.7. The van der Waals surface area contributed by atoms with Gasteiger partial charge in [-0.1, -0.05) is 18.2 Å². The Morgan fingerprint density at radius 2 is 2.08 bits per heavy atom. The number of hydrogen-bond acceptors (Lipinski definition) is 4. The number of fused-ring (bicyclic) bond motifs is 1. The van der Waals surface area contributed by atoms with Crippen LogP contribution in [0.2, 0.25) is 0 Å². The largest absolute Gasteiger partial charge is 0.340 e. The smallest absolute Gasteiger partial charge is 0.268 e. The van der Waals surface area contributed by atoms with Gasteiger partial charge in [0.05, 0.1) is 6.04 Å². The molecule has 126 valence electrons. The number of pyridine rings is 1. The minimum atomic E-state index is -0.315. The lowest BCUT2D eigenvalue weighted by atomic mass is 10.1. The predicted molar refractivity (Wildman–Crippen MR) is 94.3 cm³/mol. The minimum Gasteiger partial charge on any atom is -0.340 e. The maximum Gasteiger partial charge on any atom is 0.268 e. The van der Waals surface area contributed by atoms with E-state index in [9.17, 15) is 9.59 Å². The number of aromatic nitrogens is 3. The summed E-state index contributed by atoms with van der Waals surface area (Å²) in [6.45, 7) is 1.90. The van der Waals surface area contributed by atoms with E-state index in [0.29, 0.717) is 17.1 Å². The van der Waals surface area contributed by atoms with E-state index in [1.807, 2.05) is 25.1 Å². The number of benzene rings is 1. The maximum absolute atomic E-state index is 12.7. The number of amides is 1. The van der Waals surface area contributed by atoms with Crippen molar-refractivity contribution in [1.82, 2.24) is 20.3 Å². The van der Waals surface area contributed by atoms with E-state index < -0.39 is 0 Å². The Balaban J connectivity index is 1.65. The average Bonchev–Trinajstić information content (AvgIpc) is 3.44. The van der Waals surface area contributed by atoms with Crippen molar-refractivity contribution < 1.29 is 4.79 Å². The van der Waals surface area contributed by atoms with Crippen LogP contribution in [0.1, 0.15) is 40.9 Å². The van der Waals surface area contributed by atoms with Crippen molar-refractivity contribution in [2.24, 2.45) is 5.92 Å². The lowest BCUT2D eigenvalue weighted by Crippen LogP contribution is -2.32. The van der Waals surface area contributed by atoms with Gasteiger partial charge >= 0.3 is 0 Å². The molecule has 25 heavy (non-hydrogen) atoms. The molecule has 2 N–H and O–H groups in total. The van der Waals surface area contributed by atoms with Crippen LogP contribution in [0.15, 0.2) is 47.4 Å². The molecule has 3 aromatic rings. The van der Waals surface area contributed by atoms with Gasteiger partial charge in [-0.2, -0.15) is 0 Å². The first-order chi connectivity index (χ1) is 12.1. The topological polar surface area (TPSA) is 87.7 Å². The average molecular weight is 334 g/mol. The molecular weight excluding hydrogens is 316 g/mol. The van der Waals surface area contributed by atoms with Crippen LogP contribution in [-0.4, -0.2) is 20.9 Å². The van der Waals surface area contributed by atoms with Gasteiger partial charge in [0, 0.05) is 17.3 Å². The van der Waals surface area contributed by atoms with Gasteiger partial charge in [0.15, 0.2) is 5.82 Å². The molecule has 0 saturated heterocycles. The fourth-order valence-electron chi connectivity index (χ4n) is 2.99. The highest BCUT2D eigenvalue weighted by molar-refractivity contribution is 5.96. The summed E-state index contributed by atoms with van der Waals surface area (Å²) in [5.41, 5.74) is 0.851. The van der Waals surface area contributed by atoms with Crippen molar-refractivity contribution in [1.29, 1.82) is 0 Å². The Bertz CT molecular complexity index is 1010.